The van der Waals surface area contributed by atoms with E-state index in [0.29, 0.717) is 38.2 Å². The van der Waals surface area contributed by atoms with Gasteiger partial charge in [-0.25, -0.2) is 0 Å². The fourth-order valence-corrected chi connectivity index (χ4v) is 2.97. The van der Waals surface area contributed by atoms with E-state index < -0.39 is 6.10 Å². The summed E-state index contributed by atoms with van der Waals surface area (Å²) in [6.07, 6.45) is 2.45. The number of aliphatic hydroxyl groups excluding tert-OH is 1. The van der Waals surface area contributed by atoms with Crippen molar-refractivity contribution in [2.75, 3.05) is 39.2 Å². The molecule has 5 nitrogen and oxygen atoms in total. The minimum Gasteiger partial charge on any atom is -0.491 e. The van der Waals surface area contributed by atoms with Crippen LogP contribution in [0.5, 0.6) is 11.5 Å². The van der Waals surface area contributed by atoms with Gasteiger partial charge in [0.15, 0.2) is 0 Å². The molecule has 0 aliphatic rings. The topological polar surface area (TPSA) is 60.0 Å². The number of ether oxygens (including phenoxy) is 3. The number of rotatable bonds is 14. The Labute approximate surface area is 178 Å². The van der Waals surface area contributed by atoms with E-state index in [-0.39, 0.29) is 6.61 Å². The van der Waals surface area contributed by atoms with E-state index in [1.807, 2.05) is 38.1 Å². The Kier molecular flexibility index (Phi) is 11.0. The standard InChI is InChI=1S/C23H33NO4S/c1-18(2)24-16-20(25)17-28-22-8-6-21(7-9-22)27-15-14-26-13-12-19-4-10-23(29-3)11-5-19/h4-11,18,20,24-25H,12-17H2,1-3H3. The maximum Gasteiger partial charge on any atom is 0.119 e. The maximum absolute atomic E-state index is 9.87. The first-order valence-corrected chi connectivity index (χ1v) is 11.3. The smallest absolute Gasteiger partial charge is 0.119 e. The van der Waals surface area contributed by atoms with Crippen LogP contribution < -0.4 is 14.8 Å². The van der Waals surface area contributed by atoms with Crippen LogP contribution in [-0.2, 0) is 11.2 Å². The largest absolute Gasteiger partial charge is 0.491 e. The average Bonchev–Trinajstić information content (AvgIpc) is 2.74. The number of nitrogens with one attached hydrogen (secondary N) is 1. The second-order valence-electron chi connectivity index (χ2n) is 7.06. The molecule has 1 atom stereocenters. The second-order valence-corrected chi connectivity index (χ2v) is 7.94. The van der Waals surface area contributed by atoms with Gasteiger partial charge >= 0.3 is 0 Å². The molecule has 2 N–H and O–H groups in total. The lowest BCUT2D eigenvalue weighted by Gasteiger charge is -2.15. The van der Waals surface area contributed by atoms with Crippen LogP contribution in [0.4, 0.5) is 0 Å². The number of hydrogen-bond acceptors (Lipinski definition) is 6. The lowest BCUT2D eigenvalue weighted by molar-refractivity contribution is 0.102. The van der Waals surface area contributed by atoms with E-state index in [2.05, 4.69) is 35.8 Å². The van der Waals surface area contributed by atoms with E-state index in [4.69, 9.17) is 14.2 Å². The maximum atomic E-state index is 9.87. The van der Waals surface area contributed by atoms with Crippen molar-refractivity contribution < 1.29 is 19.3 Å². The molecule has 0 saturated heterocycles. The molecule has 0 radical (unpaired) electrons. The molecule has 0 aliphatic carbocycles. The third-order valence-corrected chi connectivity index (χ3v) is 4.96. The summed E-state index contributed by atoms with van der Waals surface area (Å²) in [5.74, 6) is 1.49. The van der Waals surface area contributed by atoms with E-state index in [1.54, 1.807) is 11.8 Å². The average molecular weight is 420 g/mol. The summed E-state index contributed by atoms with van der Waals surface area (Å²) in [6, 6.07) is 16.3. The Morgan fingerprint density at radius 1 is 0.897 bits per heavy atom. The van der Waals surface area contributed by atoms with Crippen LogP contribution in [0, 0.1) is 0 Å². The van der Waals surface area contributed by atoms with Gasteiger partial charge in [-0.3, -0.25) is 0 Å². The van der Waals surface area contributed by atoms with Crippen LogP contribution in [0.3, 0.4) is 0 Å². The molecule has 29 heavy (non-hydrogen) atoms. The molecule has 0 aromatic heterocycles. The van der Waals surface area contributed by atoms with Gasteiger partial charge in [-0.15, -0.1) is 11.8 Å². The lowest BCUT2D eigenvalue weighted by atomic mass is 10.2. The highest BCUT2D eigenvalue weighted by atomic mass is 32.2. The van der Waals surface area contributed by atoms with Gasteiger partial charge in [-0.2, -0.15) is 0 Å². The first-order chi connectivity index (χ1) is 14.1. The van der Waals surface area contributed by atoms with Gasteiger partial charge in [-0.1, -0.05) is 26.0 Å². The zero-order valence-electron chi connectivity index (χ0n) is 17.6. The Bertz CT molecular complexity index is 676. The number of benzene rings is 2. The van der Waals surface area contributed by atoms with Crippen LogP contribution in [-0.4, -0.2) is 56.5 Å². The third-order valence-electron chi connectivity index (χ3n) is 4.22. The third kappa shape index (κ3) is 10.0. The van der Waals surface area contributed by atoms with Crippen molar-refractivity contribution in [2.45, 2.75) is 37.3 Å². The summed E-state index contributed by atoms with van der Waals surface area (Å²) in [7, 11) is 0. The number of aliphatic hydroxyl groups is 1. The molecular weight excluding hydrogens is 386 g/mol. The number of thioether (sulfide) groups is 1. The monoisotopic (exact) mass is 419 g/mol. The highest BCUT2D eigenvalue weighted by Crippen LogP contribution is 2.18. The van der Waals surface area contributed by atoms with Crippen molar-refractivity contribution in [3.63, 3.8) is 0 Å². The predicted molar refractivity (Wildman–Crippen MR) is 119 cm³/mol. The Morgan fingerprint density at radius 3 is 2.17 bits per heavy atom. The van der Waals surface area contributed by atoms with Gasteiger partial charge in [0.2, 0.25) is 0 Å². The summed E-state index contributed by atoms with van der Waals surface area (Å²) in [6.45, 7) is 6.60. The molecule has 0 heterocycles. The predicted octanol–water partition coefficient (Wildman–Crippen LogP) is 3.78. The van der Waals surface area contributed by atoms with Gasteiger partial charge in [0.25, 0.3) is 0 Å². The molecule has 0 spiro atoms. The minimum atomic E-state index is -0.533. The van der Waals surface area contributed by atoms with Crippen molar-refractivity contribution in [3.05, 3.63) is 54.1 Å². The Hall–Kier alpha value is -1.73. The second kappa shape index (κ2) is 13.5. The molecule has 160 valence electrons. The van der Waals surface area contributed by atoms with E-state index in [1.165, 1.54) is 10.5 Å². The molecule has 0 saturated carbocycles. The molecule has 6 heteroatoms. The Balaban J connectivity index is 1.56. The lowest BCUT2D eigenvalue weighted by Crippen LogP contribution is -2.35. The summed E-state index contributed by atoms with van der Waals surface area (Å²) in [5, 5.41) is 13.0. The minimum absolute atomic E-state index is 0.258. The molecular formula is C23H33NO4S. The zero-order valence-corrected chi connectivity index (χ0v) is 18.4. The summed E-state index contributed by atoms with van der Waals surface area (Å²) in [4.78, 5) is 1.28. The molecule has 2 aromatic carbocycles. The molecule has 1 unspecified atom stereocenters. The van der Waals surface area contributed by atoms with E-state index in [0.717, 1.165) is 12.2 Å². The normalized spacial score (nSPS) is 12.2. The fraction of sp³-hybridized carbons (Fsp3) is 0.478. The van der Waals surface area contributed by atoms with Crippen molar-refractivity contribution in [1.82, 2.24) is 5.32 Å². The molecule has 2 aromatic rings. The van der Waals surface area contributed by atoms with Crippen LogP contribution in [0.15, 0.2) is 53.4 Å². The van der Waals surface area contributed by atoms with Crippen LogP contribution in [0.2, 0.25) is 0 Å². The summed E-state index contributed by atoms with van der Waals surface area (Å²) in [5.41, 5.74) is 1.28. The summed E-state index contributed by atoms with van der Waals surface area (Å²) >= 11 is 1.75. The van der Waals surface area contributed by atoms with Crippen molar-refractivity contribution in [3.8, 4) is 11.5 Å². The highest BCUT2D eigenvalue weighted by Gasteiger charge is 2.06. The van der Waals surface area contributed by atoms with Gasteiger partial charge in [-0.05, 0) is 54.6 Å². The van der Waals surface area contributed by atoms with Gasteiger partial charge in [0.05, 0.1) is 13.2 Å². The molecule has 0 bridgehead atoms. The van der Waals surface area contributed by atoms with Crippen LogP contribution in [0.1, 0.15) is 19.4 Å². The first kappa shape index (κ1) is 23.5. The molecule has 0 fully saturated rings. The molecule has 2 rings (SSSR count). The van der Waals surface area contributed by atoms with Gasteiger partial charge < -0.3 is 24.6 Å². The van der Waals surface area contributed by atoms with E-state index >= 15 is 0 Å². The van der Waals surface area contributed by atoms with Crippen molar-refractivity contribution >= 4 is 11.8 Å². The highest BCUT2D eigenvalue weighted by molar-refractivity contribution is 7.98. The van der Waals surface area contributed by atoms with Crippen LogP contribution in [0.25, 0.3) is 0 Å². The first-order valence-electron chi connectivity index (χ1n) is 10.0. The summed E-state index contributed by atoms with van der Waals surface area (Å²) < 4.78 is 16.9. The van der Waals surface area contributed by atoms with Crippen LogP contribution >= 0.6 is 11.8 Å². The molecule has 0 aliphatic heterocycles. The Morgan fingerprint density at radius 2 is 1.55 bits per heavy atom. The van der Waals surface area contributed by atoms with Crippen molar-refractivity contribution in [2.24, 2.45) is 0 Å². The quantitative estimate of drug-likeness (QED) is 0.359. The zero-order chi connectivity index (χ0) is 20.9. The SMILES string of the molecule is CSc1ccc(CCOCCOc2ccc(OCC(O)CNC(C)C)cc2)cc1. The molecule has 0 amide bonds. The van der Waals surface area contributed by atoms with Gasteiger partial charge in [0.1, 0.15) is 30.8 Å². The fourth-order valence-electron chi connectivity index (χ4n) is 2.56. The van der Waals surface area contributed by atoms with E-state index in [9.17, 15) is 5.11 Å². The van der Waals surface area contributed by atoms with Gasteiger partial charge in [0, 0.05) is 17.5 Å². The van der Waals surface area contributed by atoms with Crippen molar-refractivity contribution in [1.29, 1.82) is 0 Å². The number of hydrogen-bond donors (Lipinski definition) is 2.